The molecule has 0 aromatic heterocycles. The van der Waals surface area contributed by atoms with Crippen LogP contribution in [0.1, 0.15) is 25.3 Å². The molecule has 0 bridgehead atoms. The number of carboxylic acid groups (broad SMARTS) is 1. The first-order chi connectivity index (χ1) is 9.88. The summed E-state index contributed by atoms with van der Waals surface area (Å²) in [6.45, 7) is 2.12. The zero-order valence-electron chi connectivity index (χ0n) is 11.7. The average Bonchev–Trinajstić information content (AvgIpc) is 2.40. The molecule has 1 aromatic carbocycles. The minimum absolute atomic E-state index is 0.107. The van der Waals surface area contributed by atoms with Gasteiger partial charge in [-0.05, 0) is 31.0 Å². The highest BCUT2D eigenvalue weighted by Crippen LogP contribution is 2.14. The number of nitrogens with one attached hydrogen (secondary N) is 1. The Balaban J connectivity index is 2.56. The predicted molar refractivity (Wildman–Crippen MR) is 81.8 cm³/mol. The number of primary amides is 1. The third-order valence-electron chi connectivity index (χ3n) is 2.98. The number of carbonyl (C=O) groups excluding carboxylic acids is 1. The molecule has 2 amide bonds. The lowest BCUT2D eigenvalue weighted by Crippen LogP contribution is -2.43. The van der Waals surface area contributed by atoms with Crippen molar-refractivity contribution in [1.82, 2.24) is 5.32 Å². The number of amides is 2. The molecule has 0 aliphatic carbocycles. The van der Waals surface area contributed by atoms with E-state index in [2.05, 4.69) is 21.2 Å². The highest BCUT2D eigenvalue weighted by Gasteiger charge is 2.20. The molecule has 0 aliphatic heterocycles. The van der Waals surface area contributed by atoms with Gasteiger partial charge in [0.15, 0.2) is 0 Å². The van der Waals surface area contributed by atoms with E-state index in [0.717, 1.165) is 10.0 Å². The number of rotatable bonds is 8. The van der Waals surface area contributed by atoms with E-state index in [9.17, 15) is 9.59 Å². The second kappa shape index (κ2) is 8.63. The van der Waals surface area contributed by atoms with Crippen molar-refractivity contribution in [2.75, 3.05) is 0 Å². The molecule has 0 fully saturated rings. The van der Waals surface area contributed by atoms with Gasteiger partial charge in [0.2, 0.25) is 5.91 Å². The first-order valence-corrected chi connectivity index (χ1v) is 7.31. The van der Waals surface area contributed by atoms with E-state index in [0.29, 0.717) is 13.0 Å². The molecule has 1 aromatic rings. The van der Waals surface area contributed by atoms with Crippen molar-refractivity contribution in [3.05, 3.63) is 34.3 Å². The van der Waals surface area contributed by atoms with Gasteiger partial charge in [0.25, 0.3) is 0 Å². The Hall–Kier alpha value is -1.60. The molecule has 4 N–H and O–H groups in total. The molecule has 0 heterocycles. The van der Waals surface area contributed by atoms with Crippen molar-refractivity contribution >= 4 is 27.9 Å². The van der Waals surface area contributed by atoms with Crippen LogP contribution in [0.2, 0.25) is 0 Å². The number of halogens is 1. The SMILES string of the molecule is C[C@@H](OCc1cccc(Br)c1)[C@H](CCC(N)=O)NC(=O)O. The van der Waals surface area contributed by atoms with Gasteiger partial charge >= 0.3 is 6.09 Å². The van der Waals surface area contributed by atoms with Crippen molar-refractivity contribution in [2.24, 2.45) is 5.73 Å². The third kappa shape index (κ3) is 7.10. The molecular formula is C14H19BrN2O4. The Morgan fingerprint density at radius 3 is 2.76 bits per heavy atom. The normalized spacial score (nSPS) is 13.4. The molecule has 6 nitrogen and oxygen atoms in total. The zero-order valence-corrected chi connectivity index (χ0v) is 13.3. The summed E-state index contributed by atoms with van der Waals surface area (Å²) >= 11 is 3.37. The number of carbonyl (C=O) groups is 2. The second-order valence-electron chi connectivity index (χ2n) is 4.71. The zero-order chi connectivity index (χ0) is 15.8. The van der Waals surface area contributed by atoms with Crippen LogP contribution in [0.4, 0.5) is 4.79 Å². The van der Waals surface area contributed by atoms with Crippen molar-refractivity contribution in [3.8, 4) is 0 Å². The molecule has 0 radical (unpaired) electrons. The quantitative estimate of drug-likeness (QED) is 0.663. The van der Waals surface area contributed by atoms with Crippen molar-refractivity contribution < 1.29 is 19.4 Å². The van der Waals surface area contributed by atoms with Gasteiger partial charge < -0.3 is 20.9 Å². The lowest BCUT2D eigenvalue weighted by atomic mass is 10.1. The molecule has 0 saturated heterocycles. The summed E-state index contributed by atoms with van der Waals surface area (Å²) in [7, 11) is 0. The summed E-state index contributed by atoms with van der Waals surface area (Å²) in [6, 6.07) is 7.17. The fraction of sp³-hybridized carbons (Fsp3) is 0.429. The van der Waals surface area contributed by atoms with E-state index in [1.54, 1.807) is 6.92 Å². The number of benzene rings is 1. The van der Waals surface area contributed by atoms with E-state index in [1.807, 2.05) is 24.3 Å². The van der Waals surface area contributed by atoms with Gasteiger partial charge in [-0.2, -0.15) is 0 Å². The third-order valence-corrected chi connectivity index (χ3v) is 3.47. The van der Waals surface area contributed by atoms with Gasteiger partial charge in [0.1, 0.15) is 0 Å². The number of nitrogens with two attached hydrogens (primary N) is 1. The number of ether oxygens (including phenoxy) is 1. The Bertz CT molecular complexity index is 496. The van der Waals surface area contributed by atoms with Crippen molar-refractivity contribution in [3.63, 3.8) is 0 Å². The number of hydrogen-bond donors (Lipinski definition) is 3. The Morgan fingerprint density at radius 1 is 1.48 bits per heavy atom. The van der Waals surface area contributed by atoms with Crippen LogP contribution in [-0.4, -0.2) is 29.3 Å². The number of hydrogen-bond acceptors (Lipinski definition) is 3. The first-order valence-electron chi connectivity index (χ1n) is 6.52. The van der Waals surface area contributed by atoms with Gasteiger partial charge in [-0.3, -0.25) is 4.79 Å². The summed E-state index contributed by atoms with van der Waals surface area (Å²) in [6.07, 6.45) is -1.11. The largest absolute Gasteiger partial charge is 0.465 e. The molecule has 0 aliphatic rings. The summed E-state index contributed by atoms with van der Waals surface area (Å²) < 4.78 is 6.63. The van der Waals surface area contributed by atoms with Gasteiger partial charge in [-0.1, -0.05) is 28.1 Å². The molecule has 21 heavy (non-hydrogen) atoms. The fourth-order valence-electron chi connectivity index (χ4n) is 1.85. The van der Waals surface area contributed by atoms with E-state index < -0.39 is 18.0 Å². The summed E-state index contributed by atoms with van der Waals surface area (Å²) in [4.78, 5) is 21.6. The van der Waals surface area contributed by atoms with Gasteiger partial charge in [0.05, 0.1) is 18.8 Å². The summed E-state index contributed by atoms with van der Waals surface area (Å²) in [5.41, 5.74) is 6.07. The monoisotopic (exact) mass is 358 g/mol. The van der Waals surface area contributed by atoms with E-state index >= 15 is 0 Å². The van der Waals surface area contributed by atoms with Crippen molar-refractivity contribution in [2.45, 2.75) is 38.5 Å². The highest BCUT2D eigenvalue weighted by molar-refractivity contribution is 9.10. The van der Waals surface area contributed by atoms with Gasteiger partial charge in [-0.15, -0.1) is 0 Å². The predicted octanol–water partition coefficient (Wildman–Crippen LogP) is 2.26. The van der Waals surface area contributed by atoms with Crippen LogP contribution >= 0.6 is 15.9 Å². The van der Waals surface area contributed by atoms with E-state index in [4.69, 9.17) is 15.6 Å². The molecule has 0 unspecified atom stereocenters. The second-order valence-corrected chi connectivity index (χ2v) is 5.62. The van der Waals surface area contributed by atoms with Crippen LogP contribution in [0, 0.1) is 0 Å². The smallest absolute Gasteiger partial charge is 0.404 e. The summed E-state index contributed by atoms with van der Waals surface area (Å²) in [5, 5.41) is 11.2. The molecule has 1 rings (SSSR count). The van der Waals surface area contributed by atoms with Crippen LogP contribution in [0.25, 0.3) is 0 Å². The average molecular weight is 359 g/mol. The van der Waals surface area contributed by atoms with Crippen LogP contribution in [0.3, 0.4) is 0 Å². The topological polar surface area (TPSA) is 102 Å². The molecular weight excluding hydrogens is 340 g/mol. The van der Waals surface area contributed by atoms with E-state index in [1.165, 1.54) is 0 Å². The summed E-state index contributed by atoms with van der Waals surface area (Å²) in [5.74, 6) is -0.466. The maximum atomic E-state index is 10.8. The minimum Gasteiger partial charge on any atom is -0.465 e. The Morgan fingerprint density at radius 2 is 2.19 bits per heavy atom. The lowest BCUT2D eigenvalue weighted by molar-refractivity contribution is -0.118. The maximum absolute atomic E-state index is 10.8. The standard InChI is InChI=1S/C14H19BrN2O4/c1-9(12(17-14(19)20)5-6-13(16)18)21-8-10-3-2-4-11(15)7-10/h2-4,7,9,12,17H,5-6,8H2,1H3,(H2,16,18)(H,19,20)/t9-,12+/m1/s1. The highest BCUT2D eigenvalue weighted by atomic mass is 79.9. The molecule has 7 heteroatoms. The molecule has 0 spiro atoms. The molecule has 2 atom stereocenters. The minimum atomic E-state index is -1.15. The van der Waals surface area contributed by atoms with Crippen LogP contribution in [0.15, 0.2) is 28.7 Å². The van der Waals surface area contributed by atoms with Crippen molar-refractivity contribution in [1.29, 1.82) is 0 Å². The molecule has 116 valence electrons. The van der Waals surface area contributed by atoms with Crippen LogP contribution < -0.4 is 11.1 Å². The Kier molecular flexibility index (Phi) is 7.18. The van der Waals surface area contributed by atoms with Gasteiger partial charge in [0, 0.05) is 10.9 Å². The lowest BCUT2D eigenvalue weighted by Gasteiger charge is -2.24. The van der Waals surface area contributed by atoms with Crippen LogP contribution in [0.5, 0.6) is 0 Å². The van der Waals surface area contributed by atoms with E-state index in [-0.39, 0.29) is 12.5 Å². The molecule has 0 saturated carbocycles. The van der Waals surface area contributed by atoms with Crippen LogP contribution in [-0.2, 0) is 16.1 Å². The Labute approximate surface area is 131 Å². The first kappa shape index (κ1) is 17.5. The fourth-order valence-corrected chi connectivity index (χ4v) is 2.30. The van der Waals surface area contributed by atoms with Gasteiger partial charge in [-0.25, -0.2) is 4.79 Å². The maximum Gasteiger partial charge on any atom is 0.404 e.